The Morgan fingerprint density at radius 2 is 1.74 bits per heavy atom. The summed E-state index contributed by atoms with van der Waals surface area (Å²) in [6.45, 7) is 1.48. The minimum absolute atomic E-state index is 0.256. The molecule has 2 heterocycles. The smallest absolute Gasteiger partial charge is 0.241 e. The van der Waals surface area contributed by atoms with E-state index in [-0.39, 0.29) is 6.54 Å². The van der Waals surface area contributed by atoms with Crippen molar-refractivity contribution in [3.8, 4) is 5.69 Å². The molecule has 0 unspecified atom stereocenters. The average molecular weight is 334 g/mol. The lowest BCUT2D eigenvalue weighted by molar-refractivity contribution is 0.414. The summed E-state index contributed by atoms with van der Waals surface area (Å²) >= 11 is 0. The van der Waals surface area contributed by atoms with Crippen molar-refractivity contribution < 1.29 is 8.42 Å². The van der Waals surface area contributed by atoms with Gasteiger partial charge in [0.2, 0.25) is 0 Å². The fraction of sp³-hybridized carbons (Fsp3) is 0.438. The minimum atomic E-state index is -3.41. The fourth-order valence-electron chi connectivity index (χ4n) is 2.72. The molecule has 0 bridgehead atoms. The molecule has 6 nitrogen and oxygen atoms in total. The number of nitrogens with one attached hydrogen (secondary N) is 1. The Balaban J connectivity index is 1.63. The number of hydrogen-bond acceptors (Lipinski definition) is 3. The number of rotatable bonds is 5. The molecule has 124 valence electrons. The Kier molecular flexibility index (Phi) is 5.09. The van der Waals surface area contributed by atoms with Crippen molar-refractivity contribution in [1.82, 2.24) is 18.8 Å². The predicted octanol–water partition coefficient (Wildman–Crippen LogP) is 2.08. The van der Waals surface area contributed by atoms with Crippen LogP contribution in [-0.2, 0) is 16.8 Å². The molecule has 0 spiro atoms. The van der Waals surface area contributed by atoms with Crippen LogP contribution in [0.15, 0.2) is 42.7 Å². The van der Waals surface area contributed by atoms with Crippen LogP contribution in [0, 0.1) is 0 Å². The molecule has 7 heteroatoms. The van der Waals surface area contributed by atoms with E-state index in [1.165, 1.54) is 0 Å². The zero-order valence-electron chi connectivity index (χ0n) is 13.1. The van der Waals surface area contributed by atoms with Crippen molar-refractivity contribution in [3.63, 3.8) is 0 Å². The summed E-state index contributed by atoms with van der Waals surface area (Å²) in [6, 6.07) is 9.75. The third-order valence-electron chi connectivity index (χ3n) is 4.02. The second kappa shape index (κ2) is 7.25. The summed E-state index contributed by atoms with van der Waals surface area (Å²) < 4.78 is 30.7. The van der Waals surface area contributed by atoms with Crippen LogP contribution < -0.4 is 4.72 Å². The van der Waals surface area contributed by atoms with Gasteiger partial charge in [-0.1, -0.05) is 31.0 Å². The molecular weight excluding hydrogens is 312 g/mol. The molecule has 23 heavy (non-hydrogen) atoms. The zero-order valence-corrected chi connectivity index (χ0v) is 13.9. The Bertz CT molecular complexity index is 720. The van der Waals surface area contributed by atoms with Gasteiger partial charge >= 0.3 is 0 Å². The lowest BCUT2D eigenvalue weighted by Gasteiger charge is -2.19. The van der Waals surface area contributed by atoms with Gasteiger partial charge in [-0.3, -0.25) is 0 Å². The number of nitrogens with zero attached hydrogens (tertiary/aromatic N) is 3. The number of hydrogen-bond donors (Lipinski definition) is 1. The van der Waals surface area contributed by atoms with E-state index in [9.17, 15) is 8.42 Å². The van der Waals surface area contributed by atoms with Gasteiger partial charge in [-0.2, -0.15) is 22.5 Å². The topological polar surface area (TPSA) is 67.2 Å². The highest BCUT2D eigenvalue weighted by Crippen LogP contribution is 2.13. The summed E-state index contributed by atoms with van der Waals surface area (Å²) in [5.74, 6) is 0. The van der Waals surface area contributed by atoms with Crippen molar-refractivity contribution in [1.29, 1.82) is 0 Å². The molecule has 1 aliphatic heterocycles. The molecule has 2 aromatic rings. The zero-order chi connectivity index (χ0) is 16.1. The normalized spacial score (nSPS) is 17.0. The first-order chi connectivity index (χ1) is 11.1. The highest BCUT2D eigenvalue weighted by atomic mass is 32.2. The van der Waals surface area contributed by atoms with E-state index < -0.39 is 10.2 Å². The van der Waals surface area contributed by atoms with E-state index in [1.807, 2.05) is 36.5 Å². The van der Waals surface area contributed by atoms with Gasteiger partial charge in [-0.15, -0.1) is 0 Å². The van der Waals surface area contributed by atoms with Crippen LogP contribution in [0.4, 0.5) is 0 Å². The molecule has 1 aromatic heterocycles. The first-order valence-corrected chi connectivity index (χ1v) is 9.43. The van der Waals surface area contributed by atoms with Gasteiger partial charge in [0.25, 0.3) is 10.2 Å². The molecule has 0 saturated carbocycles. The highest BCUT2D eigenvalue weighted by molar-refractivity contribution is 7.87. The van der Waals surface area contributed by atoms with E-state index in [0.717, 1.165) is 36.9 Å². The molecule has 0 radical (unpaired) electrons. The van der Waals surface area contributed by atoms with Crippen LogP contribution in [0.25, 0.3) is 5.69 Å². The predicted molar refractivity (Wildman–Crippen MR) is 89.4 cm³/mol. The number of benzene rings is 1. The second-order valence-corrected chi connectivity index (χ2v) is 7.52. The Morgan fingerprint density at radius 3 is 2.43 bits per heavy atom. The van der Waals surface area contributed by atoms with Gasteiger partial charge < -0.3 is 0 Å². The van der Waals surface area contributed by atoms with Crippen LogP contribution in [0.2, 0.25) is 0 Å². The van der Waals surface area contributed by atoms with Crippen molar-refractivity contribution in [2.24, 2.45) is 0 Å². The van der Waals surface area contributed by atoms with Crippen molar-refractivity contribution in [3.05, 3.63) is 48.3 Å². The third kappa shape index (κ3) is 4.19. The molecular formula is C16H22N4O2S. The second-order valence-electron chi connectivity index (χ2n) is 5.77. The maximum atomic E-state index is 12.4. The summed E-state index contributed by atoms with van der Waals surface area (Å²) in [5, 5.41) is 4.28. The van der Waals surface area contributed by atoms with Gasteiger partial charge in [0, 0.05) is 31.4 Å². The lowest BCUT2D eigenvalue weighted by atomic mass is 10.2. The van der Waals surface area contributed by atoms with E-state index in [2.05, 4.69) is 9.82 Å². The Hall–Kier alpha value is -1.70. The van der Waals surface area contributed by atoms with Gasteiger partial charge in [-0.25, -0.2) is 4.68 Å². The fourth-order valence-corrected chi connectivity index (χ4v) is 3.99. The van der Waals surface area contributed by atoms with E-state index >= 15 is 0 Å². The highest BCUT2D eigenvalue weighted by Gasteiger charge is 2.22. The summed E-state index contributed by atoms with van der Waals surface area (Å²) in [5.41, 5.74) is 1.79. The molecule has 0 aliphatic carbocycles. The van der Waals surface area contributed by atoms with E-state index in [4.69, 9.17) is 0 Å². The van der Waals surface area contributed by atoms with Crippen LogP contribution in [0.5, 0.6) is 0 Å². The van der Waals surface area contributed by atoms with Crippen LogP contribution >= 0.6 is 0 Å². The quantitative estimate of drug-likeness (QED) is 0.910. The first-order valence-electron chi connectivity index (χ1n) is 7.99. The summed E-state index contributed by atoms with van der Waals surface area (Å²) in [6.07, 6.45) is 7.63. The molecule has 1 fully saturated rings. The maximum Gasteiger partial charge on any atom is 0.279 e. The third-order valence-corrected chi connectivity index (χ3v) is 5.57. The van der Waals surface area contributed by atoms with E-state index in [0.29, 0.717) is 13.1 Å². The number of aromatic nitrogens is 2. The maximum absolute atomic E-state index is 12.4. The lowest BCUT2D eigenvalue weighted by Crippen LogP contribution is -2.40. The molecule has 0 amide bonds. The summed E-state index contributed by atoms with van der Waals surface area (Å²) in [7, 11) is -3.41. The molecule has 0 atom stereocenters. The van der Waals surface area contributed by atoms with Crippen molar-refractivity contribution in [2.45, 2.75) is 32.2 Å². The average Bonchev–Trinajstić information content (AvgIpc) is 2.86. The van der Waals surface area contributed by atoms with Gasteiger partial charge in [0.05, 0.1) is 11.9 Å². The molecule has 1 N–H and O–H groups in total. The molecule has 3 rings (SSSR count). The van der Waals surface area contributed by atoms with Crippen molar-refractivity contribution >= 4 is 10.2 Å². The Morgan fingerprint density at radius 1 is 1.04 bits per heavy atom. The Labute approximate surface area is 137 Å². The van der Waals surface area contributed by atoms with E-state index in [1.54, 1.807) is 15.2 Å². The SMILES string of the molecule is O=S(=O)(NCc1cnn(-c2ccccc2)c1)N1CCCCCC1. The van der Waals surface area contributed by atoms with Gasteiger partial charge in [0.15, 0.2) is 0 Å². The van der Waals surface area contributed by atoms with Crippen molar-refractivity contribution in [2.75, 3.05) is 13.1 Å². The monoisotopic (exact) mass is 334 g/mol. The molecule has 1 aliphatic rings. The van der Waals surface area contributed by atoms with Gasteiger partial charge in [0.1, 0.15) is 0 Å². The van der Waals surface area contributed by atoms with Crippen LogP contribution in [0.1, 0.15) is 31.2 Å². The first kappa shape index (κ1) is 16.2. The molecule has 1 saturated heterocycles. The molecule has 1 aromatic carbocycles. The van der Waals surface area contributed by atoms with Crippen LogP contribution in [0.3, 0.4) is 0 Å². The standard InChI is InChI=1S/C16H22N4O2S/c21-23(22,19-10-6-1-2-7-11-19)18-13-15-12-17-20(14-15)16-8-4-3-5-9-16/h3-5,8-9,12,14,18H,1-2,6-7,10-11,13H2. The minimum Gasteiger partial charge on any atom is -0.241 e. The van der Waals surface area contributed by atoms with Crippen LogP contribution in [-0.4, -0.2) is 35.6 Å². The summed E-state index contributed by atoms with van der Waals surface area (Å²) in [4.78, 5) is 0. The van der Waals surface area contributed by atoms with Gasteiger partial charge in [-0.05, 0) is 25.0 Å². The largest absolute Gasteiger partial charge is 0.279 e. The number of para-hydroxylation sites is 1.